The fourth-order valence-corrected chi connectivity index (χ4v) is 7.26. The van der Waals surface area contributed by atoms with Crippen LogP contribution in [0.1, 0.15) is 31.2 Å². The molecule has 0 radical (unpaired) electrons. The molecule has 3 saturated heterocycles. The van der Waals surface area contributed by atoms with Gasteiger partial charge in [-0.3, -0.25) is 9.69 Å². The van der Waals surface area contributed by atoms with E-state index in [4.69, 9.17) is 0 Å². The number of hydrogen-bond acceptors (Lipinski definition) is 4. The minimum atomic E-state index is 0.346. The Balaban J connectivity index is 1.36. The molecule has 0 saturated carbocycles. The minimum Gasteiger partial charge on any atom is -0.338 e. The van der Waals surface area contributed by atoms with Crippen molar-refractivity contribution in [2.75, 3.05) is 42.6 Å². The van der Waals surface area contributed by atoms with Gasteiger partial charge in [-0.15, -0.1) is 0 Å². The SMILES string of the molecule is O=C1CCC2(CCN(C3CSCCSC3)CC2)CN1Cc1ccccc1. The lowest BCUT2D eigenvalue weighted by Crippen LogP contribution is -2.53. The van der Waals surface area contributed by atoms with Crippen molar-refractivity contribution in [3.8, 4) is 0 Å². The van der Waals surface area contributed by atoms with E-state index in [2.05, 4.69) is 57.6 Å². The first kappa shape index (κ1) is 18.7. The van der Waals surface area contributed by atoms with Crippen molar-refractivity contribution in [3.63, 3.8) is 0 Å². The standard InChI is InChI=1S/C21H30N2OS2/c24-20-6-7-21(17-23(20)14-18-4-2-1-3-5-18)8-10-22(11-9-21)19-15-25-12-13-26-16-19/h1-5,19H,6-17H2. The van der Waals surface area contributed by atoms with Crippen LogP contribution < -0.4 is 0 Å². The molecule has 3 aliphatic rings. The molecule has 1 aromatic carbocycles. The fraction of sp³-hybridized carbons (Fsp3) is 0.667. The maximum absolute atomic E-state index is 12.5. The van der Waals surface area contributed by atoms with Crippen LogP contribution in [0.25, 0.3) is 0 Å². The van der Waals surface area contributed by atoms with E-state index in [1.807, 2.05) is 6.07 Å². The summed E-state index contributed by atoms with van der Waals surface area (Å²) in [5, 5.41) is 0. The number of hydrogen-bond donors (Lipinski definition) is 0. The summed E-state index contributed by atoms with van der Waals surface area (Å²) in [7, 11) is 0. The first-order valence-corrected chi connectivity index (χ1v) is 12.3. The van der Waals surface area contributed by atoms with E-state index in [1.165, 1.54) is 54.5 Å². The third-order valence-corrected chi connectivity index (χ3v) is 8.82. The molecule has 0 aromatic heterocycles. The summed E-state index contributed by atoms with van der Waals surface area (Å²) in [5.74, 6) is 5.58. The molecule has 0 unspecified atom stereocenters. The van der Waals surface area contributed by atoms with Gasteiger partial charge in [-0.1, -0.05) is 30.3 Å². The van der Waals surface area contributed by atoms with Crippen LogP contribution in [-0.4, -0.2) is 64.4 Å². The number of carbonyl (C=O) groups excluding carboxylic acids is 1. The number of rotatable bonds is 3. The molecular weight excluding hydrogens is 360 g/mol. The summed E-state index contributed by atoms with van der Waals surface area (Å²) in [4.78, 5) is 17.4. The molecule has 1 aromatic rings. The number of benzene rings is 1. The molecular formula is C21H30N2OS2. The molecule has 4 rings (SSSR count). The predicted octanol–water partition coefficient (Wildman–Crippen LogP) is 3.74. The highest BCUT2D eigenvalue weighted by Crippen LogP contribution is 2.41. The van der Waals surface area contributed by atoms with Crippen LogP contribution in [0, 0.1) is 5.41 Å². The van der Waals surface area contributed by atoms with Gasteiger partial charge in [-0.25, -0.2) is 0 Å². The number of likely N-dealkylation sites (tertiary alicyclic amines) is 2. The molecule has 26 heavy (non-hydrogen) atoms. The van der Waals surface area contributed by atoms with E-state index in [-0.39, 0.29) is 0 Å². The Hall–Kier alpha value is -0.650. The summed E-state index contributed by atoms with van der Waals surface area (Å²) in [6.45, 7) is 4.18. The van der Waals surface area contributed by atoms with Gasteiger partial charge in [-0.05, 0) is 43.3 Å². The Bertz CT molecular complexity index is 593. The molecule has 1 amide bonds. The van der Waals surface area contributed by atoms with Gasteiger partial charge in [0.05, 0.1) is 0 Å². The first-order valence-electron chi connectivity index (χ1n) is 9.95. The van der Waals surface area contributed by atoms with Crippen molar-refractivity contribution >= 4 is 29.4 Å². The molecule has 1 spiro atoms. The summed E-state index contributed by atoms with van der Waals surface area (Å²) < 4.78 is 0. The zero-order chi connectivity index (χ0) is 17.8. The normalized spacial score (nSPS) is 25.4. The summed E-state index contributed by atoms with van der Waals surface area (Å²) >= 11 is 4.26. The largest absolute Gasteiger partial charge is 0.338 e. The lowest BCUT2D eigenvalue weighted by Gasteiger charge is -2.49. The molecule has 0 atom stereocenters. The average molecular weight is 391 g/mol. The molecule has 5 heteroatoms. The predicted molar refractivity (Wildman–Crippen MR) is 113 cm³/mol. The van der Waals surface area contributed by atoms with Gasteiger partial charge in [0, 0.05) is 48.6 Å². The fourth-order valence-electron chi connectivity index (χ4n) is 4.64. The van der Waals surface area contributed by atoms with Crippen molar-refractivity contribution < 1.29 is 4.79 Å². The summed E-state index contributed by atoms with van der Waals surface area (Å²) in [6.07, 6.45) is 4.36. The first-order chi connectivity index (χ1) is 12.7. The summed E-state index contributed by atoms with van der Waals surface area (Å²) in [6, 6.07) is 11.2. The number of nitrogens with zero attached hydrogens (tertiary/aromatic N) is 2. The van der Waals surface area contributed by atoms with E-state index in [0.717, 1.165) is 32.0 Å². The lowest BCUT2D eigenvalue weighted by molar-refractivity contribution is -0.140. The van der Waals surface area contributed by atoms with Gasteiger partial charge in [0.1, 0.15) is 0 Å². The van der Waals surface area contributed by atoms with Crippen LogP contribution in [0.2, 0.25) is 0 Å². The van der Waals surface area contributed by atoms with Crippen LogP contribution >= 0.6 is 23.5 Å². The quantitative estimate of drug-likeness (QED) is 0.784. The van der Waals surface area contributed by atoms with Crippen molar-refractivity contribution in [2.24, 2.45) is 5.41 Å². The van der Waals surface area contributed by atoms with Crippen LogP contribution in [-0.2, 0) is 11.3 Å². The third kappa shape index (κ3) is 4.42. The smallest absolute Gasteiger partial charge is 0.222 e. The van der Waals surface area contributed by atoms with Gasteiger partial charge in [0.2, 0.25) is 5.91 Å². The molecule has 3 fully saturated rings. The molecule has 3 aliphatic heterocycles. The van der Waals surface area contributed by atoms with Crippen LogP contribution in [0.3, 0.4) is 0 Å². The van der Waals surface area contributed by atoms with Gasteiger partial charge in [0.15, 0.2) is 0 Å². The van der Waals surface area contributed by atoms with E-state index in [0.29, 0.717) is 11.3 Å². The topological polar surface area (TPSA) is 23.6 Å². The maximum atomic E-state index is 12.5. The van der Waals surface area contributed by atoms with Gasteiger partial charge in [-0.2, -0.15) is 23.5 Å². The van der Waals surface area contributed by atoms with Crippen molar-refractivity contribution in [1.29, 1.82) is 0 Å². The Morgan fingerprint density at radius 1 is 1.00 bits per heavy atom. The molecule has 3 heterocycles. The molecule has 0 aliphatic carbocycles. The van der Waals surface area contributed by atoms with Crippen LogP contribution in [0.15, 0.2) is 30.3 Å². The number of carbonyl (C=O) groups is 1. The highest BCUT2D eigenvalue weighted by molar-refractivity contribution is 8.03. The third-order valence-electron chi connectivity index (χ3n) is 6.33. The second-order valence-electron chi connectivity index (χ2n) is 8.08. The van der Waals surface area contributed by atoms with Crippen LogP contribution in [0.4, 0.5) is 0 Å². The van der Waals surface area contributed by atoms with E-state index < -0.39 is 0 Å². The Labute approximate surface area is 166 Å². The number of thioether (sulfide) groups is 2. The van der Waals surface area contributed by atoms with Gasteiger partial charge in [0.25, 0.3) is 0 Å². The minimum absolute atomic E-state index is 0.346. The molecule has 3 nitrogen and oxygen atoms in total. The second-order valence-corrected chi connectivity index (χ2v) is 10.4. The highest BCUT2D eigenvalue weighted by Gasteiger charge is 2.41. The Morgan fingerprint density at radius 3 is 2.38 bits per heavy atom. The average Bonchev–Trinajstić information content (AvgIpc) is 2.96. The number of piperidine rings is 2. The van der Waals surface area contributed by atoms with Gasteiger partial charge < -0.3 is 4.90 Å². The van der Waals surface area contributed by atoms with Crippen molar-refractivity contribution in [1.82, 2.24) is 9.80 Å². The van der Waals surface area contributed by atoms with Crippen molar-refractivity contribution in [2.45, 2.75) is 38.3 Å². The number of amides is 1. The monoisotopic (exact) mass is 390 g/mol. The van der Waals surface area contributed by atoms with Crippen LogP contribution in [0.5, 0.6) is 0 Å². The van der Waals surface area contributed by atoms with Crippen molar-refractivity contribution in [3.05, 3.63) is 35.9 Å². The lowest BCUT2D eigenvalue weighted by atomic mass is 9.72. The maximum Gasteiger partial charge on any atom is 0.222 e. The van der Waals surface area contributed by atoms with E-state index in [9.17, 15) is 4.79 Å². The van der Waals surface area contributed by atoms with E-state index in [1.54, 1.807) is 0 Å². The van der Waals surface area contributed by atoms with Gasteiger partial charge >= 0.3 is 0 Å². The zero-order valence-corrected chi connectivity index (χ0v) is 17.2. The molecule has 0 bridgehead atoms. The summed E-state index contributed by atoms with van der Waals surface area (Å²) in [5.41, 5.74) is 1.62. The Kier molecular flexibility index (Phi) is 6.17. The highest BCUT2D eigenvalue weighted by atomic mass is 32.2. The Morgan fingerprint density at radius 2 is 1.69 bits per heavy atom. The van der Waals surface area contributed by atoms with E-state index >= 15 is 0 Å². The molecule has 0 N–H and O–H groups in total. The molecule has 142 valence electrons. The zero-order valence-electron chi connectivity index (χ0n) is 15.6. The second kappa shape index (κ2) is 8.57.